The van der Waals surface area contributed by atoms with Gasteiger partial charge in [-0.2, -0.15) is 23.4 Å². The maximum absolute atomic E-state index is 14.1. The van der Waals surface area contributed by atoms with Gasteiger partial charge in [-0.3, -0.25) is 0 Å². The van der Waals surface area contributed by atoms with E-state index in [9.17, 15) is 39.6 Å². The molecule has 0 unspecified atom stereocenters. The molecule has 0 spiro atoms. The van der Waals surface area contributed by atoms with Gasteiger partial charge in [0, 0.05) is 13.1 Å². The standard InChI is InChI=1S/C18H16F6N4O3S/c19-12-7-13(15(20)16(21)14(12)18(22,23)24)32(30,31)9-10-2-5-28(6-3-10)17(29)27-11-1-4-25-26-8-11/h1,4,7-8,10H,2-3,5-6,9H2,(H,25,27,29). The zero-order valence-electron chi connectivity index (χ0n) is 16.2. The molecular formula is C18H16F6N4O3S. The van der Waals surface area contributed by atoms with E-state index in [0.29, 0.717) is 5.69 Å². The van der Waals surface area contributed by atoms with Crippen molar-refractivity contribution >= 4 is 21.6 Å². The number of benzene rings is 1. The van der Waals surface area contributed by atoms with Crippen molar-refractivity contribution in [3.63, 3.8) is 0 Å². The third-order valence-corrected chi connectivity index (χ3v) is 6.81. The molecule has 0 radical (unpaired) electrons. The number of hydrogen-bond donors (Lipinski definition) is 1. The molecule has 1 N–H and O–H groups in total. The first kappa shape index (κ1) is 23.8. The maximum atomic E-state index is 14.1. The molecule has 1 aliphatic rings. The summed E-state index contributed by atoms with van der Waals surface area (Å²) in [6.07, 6.45) is -2.48. The molecule has 1 aliphatic heterocycles. The molecule has 0 aliphatic carbocycles. The fraction of sp³-hybridized carbons (Fsp3) is 0.389. The summed E-state index contributed by atoms with van der Waals surface area (Å²) in [5, 5.41) is 9.75. The Morgan fingerprint density at radius 2 is 1.78 bits per heavy atom. The van der Waals surface area contributed by atoms with E-state index in [2.05, 4.69) is 15.5 Å². The van der Waals surface area contributed by atoms with Gasteiger partial charge in [0.25, 0.3) is 0 Å². The second-order valence-corrected chi connectivity index (χ2v) is 9.13. The highest BCUT2D eigenvalue weighted by atomic mass is 32.2. The molecule has 2 heterocycles. The van der Waals surface area contributed by atoms with Crippen molar-refractivity contribution in [3.05, 3.63) is 47.5 Å². The van der Waals surface area contributed by atoms with E-state index in [1.165, 1.54) is 23.4 Å². The Morgan fingerprint density at radius 3 is 2.34 bits per heavy atom. The Kier molecular flexibility index (Phi) is 6.62. The van der Waals surface area contributed by atoms with E-state index in [-0.39, 0.29) is 32.0 Å². The molecule has 1 saturated heterocycles. The van der Waals surface area contributed by atoms with Gasteiger partial charge in [0.15, 0.2) is 21.5 Å². The number of carbonyl (C=O) groups is 1. The molecule has 0 bridgehead atoms. The Hall–Kier alpha value is -2.90. The van der Waals surface area contributed by atoms with Crippen LogP contribution in [0.2, 0.25) is 0 Å². The van der Waals surface area contributed by atoms with Crippen molar-refractivity contribution in [3.8, 4) is 0 Å². The summed E-state index contributed by atoms with van der Waals surface area (Å²) in [5.41, 5.74) is -2.09. The van der Waals surface area contributed by atoms with E-state index < -0.39 is 61.6 Å². The SMILES string of the molecule is O=C(Nc1ccnnc1)N1CCC(CS(=O)(=O)c2cc(F)c(C(F)(F)F)c(F)c2F)CC1. The highest BCUT2D eigenvalue weighted by Gasteiger charge is 2.41. The number of halogens is 6. The number of aromatic nitrogens is 2. The monoisotopic (exact) mass is 482 g/mol. The average molecular weight is 482 g/mol. The predicted molar refractivity (Wildman–Crippen MR) is 98.7 cm³/mol. The number of amides is 2. The number of piperidine rings is 1. The topological polar surface area (TPSA) is 92.3 Å². The van der Waals surface area contributed by atoms with Crippen LogP contribution < -0.4 is 5.32 Å². The zero-order valence-corrected chi connectivity index (χ0v) is 17.0. The van der Waals surface area contributed by atoms with Gasteiger partial charge in [-0.1, -0.05) is 0 Å². The van der Waals surface area contributed by atoms with Gasteiger partial charge in [-0.15, -0.1) is 0 Å². The Balaban J connectivity index is 1.68. The Labute approximate surface area is 178 Å². The van der Waals surface area contributed by atoms with Gasteiger partial charge >= 0.3 is 12.2 Å². The van der Waals surface area contributed by atoms with Crippen molar-refractivity contribution in [1.29, 1.82) is 0 Å². The van der Waals surface area contributed by atoms with Gasteiger partial charge in [0.2, 0.25) is 0 Å². The molecule has 1 aromatic heterocycles. The third kappa shape index (κ3) is 5.11. The number of hydrogen-bond acceptors (Lipinski definition) is 5. The first-order valence-corrected chi connectivity index (χ1v) is 10.9. The van der Waals surface area contributed by atoms with Gasteiger partial charge < -0.3 is 10.2 Å². The third-order valence-electron chi connectivity index (χ3n) is 4.94. The normalized spacial score (nSPS) is 15.6. The van der Waals surface area contributed by atoms with E-state index in [1.807, 2.05) is 0 Å². The smallest absolute Gasteiger partial charge is 0.325 e. The fourth-order valence-corrected chi connectivity index (χ4v) is 5.11. The van der Waals surface area contributed by atoms with Crippen LogP contribution >= 0.6 is 0 Å². The van der Waals surface area contributed by atoms with Gasteiger partial charge in [0.05, 0.1) is 23.8 Å². The van der Waals surface area contributed by atoms with Crippen LogP contribution in [0, 0.1) is 23.4 Å². The second kappa shape index (κ2) is 8.92. The van der Waals surface area contributed by atoms with E-state index >= 15 is 0 Å². The molecule has 7 nitrogen and oxygen atoms in total. The molecular weight excluding hydrogens is 466 g/mol. The highest BCUT2D eigenvalue weighted by molar-refractivity contribution is 7.91. The molecule has 0 saturated carbocycles. The van der Waals surface area contributed by atoms with Crippen LogP contribution in [0.3, 0.4) is 0 Å². The molecule has 0 atom stereocenters. The number of alkyl halides is 3. The predicted octanol–water partition coefficient (Wildman–Crippen LogP) is 3.63. The summed E-state index contributed by atoms with van der Waals surface area (Å²) in [5.74, 6) is -8.43. The van der Waals surface area contributed by atoms with Crippen LogP contribution in [-0.4, -0.2) is 48.4 Å². The summed E-state index contributed by atoms with van der Waals surface area (Å²) >= 11 is 0. The van der Waals surface area contributed by atoms with Crippen molar-refractivity contribution in [2.45, 2.75) is 23.9 Å². The molecule has 3 rings (SSSR count). The lowest BCUT2D eigenvalue weighted by Gasteiger charge is -2.31. The summed E-state index contributed by atoms with van der Waals surface area (Å²) in [7, 11) is -4.64. The minimum absolute atomic E-state index is 0.142. The lowest BCUT2D eigenvalue weighted by Crippen LogP contribution is -2.42. The van der Waals surface area contributed by atoms with Crippen molar-refractivity contribution < 1.29 is 39.6 Å². The summed E-state index contributed by atoms with van der Waals surface area (Å²) in [6.45, 7) is 0.283. The Morgan fingerprint density at radius 1 is 1.12 bits per heavy atom. The summed E-state index contributed by atoms with van der Waals surface area (Å²) < 4.78 is 105. The molecule has 174 valence electrons. The molecule has 1 fully saturated rings. The number of carbonyl (C=O) groups excluding carboxylic acids is 1. The number of nitrogens with one attached hydrogen (secondary N) is 1. The Bertz CT molecular complexity index is 1100. The number of sulfone groups is 1. The van der Waals surface area contributed by atoms with Crippen LogP contribution in [0.15, 0.2) is 29.4 Å². The minimum atomic E-state index is -5.53. The van der Waals surface area contributed by atoms with E-state index in [4.69, 9.17) is 0 Å². The quantitative estimate of drug-likeness (QED) is 0.531. The lowest BCUT2D eigenvalue weighted by molar-refractivity contribution is -0.142. The fourth-order valence-electron chi connectivity index (χ4n) is 3.33. The number of urea groups is 1. The van der Waals surface area contributed by atoms with Crippen LogP contribution in [-0.2, 0) is 16.0 Å². The molecule has 32 heavy (non-hydrogen) atoms. The molecule has 14 heteroatoms. The number of nitrogens with zero attached hydrogens (tertiary/aromatic N) is 3. The van der Waals surface area contributed by atoms with Gasteiger partial charge in [-0.05, 0) is 30.9 Å². The van der Waals surface area contributed by atoms with Crippen LogP contribution in [0.1, 0.15) is 18.4 Å². The second-order valence-electron chi connectivity index (χ2n) is 7.13. The molecule has 1 aromatic carbocycles. The largest absolute Gasteiger partial charge is 0.422 e. The first-order chi connectivity index (χ1) is 14.9. The van der Waals surface area contributed by atoms with E-state index in [1.54, 1.807) is 0 Å². The minimum Gasteiger partial charge on any atom is -0.325 e. The lowest BCUT2D eigenvalue weighted by atomic mass is 9.99. The number of likely N-dealkylation sites (tertiary alicyclic amines) is 1. The average Bonchev–Trinajstić information content (AvgIpc) is 2.70. The van der Waals surface area contributed by atoms with Crippen LogP contribution in [0.5, 0.6) is 0 Å². The molecule has 2 amide bonds. The summed E-state index contributed by atoms with van der Waals surface area (Å²) in [6, 6.07) is 0.903. The number of anilines is 1. The van der Waals surface area contributed by atoms with Crippen LogP contribution in [0.25, 0.3) is 0 Å². The van der Waals surface area contributed by atoms with Crippen molar-refractivity contribution in [2.24, 2.45) is 5.92 Å². The zero-order chi connectivity index (χ0) is 23.7. The highest BCUT2D eigenvalue weighted by Crippen LogP contribution is 2.37. The van der Waals surface area contributed by atoms with Gasteiger partial charge in [0.1, 0.15) is 16.3 Å². The first-order valence-electron chi connectivity index (χ1n) is 9.20. The molecule has 2 aromatic rings. The maximum Gasteiger partial charge on any atom is 0.422 e. The van der Waals surface area contributed by atoms with Gasteiger partial charge in [-0.25, -0.2) is 26.4 Å². The van der Waals surface area contributed by atoms with Crippen molar-refractivity contribution in [1.82, 2.24) is 15.1 Å². The van der Waals surface area contributed by atoms with Crippen LogP contribution in [0.4, 0.5) is 36.8 Å². The number of rotatable bonds is 4. The van der Waals surface area contributed by atoms with Crippen molar-refractivity contribution in [2.75, 3.05) is 24.2 Å². The summed E-state index contributed by atoms with van der Waals surface area (Å²) in [4.78, 5) is 12.2. The van der Waals surface area contributed by atoms with E-state index in [0.717, 1.165) is 0 Å².